The maximum Gasteiger partial charge on any atom is 0.234 e. The third kappa shape index (κ3) is 4.85. The molecule has 1 heterocycles. The normalized spacial score (nSPS) is 17.7. The summed E-state index contributed by atoms with van der Waals surface area (Å²) in [6, 6.07) is 15.0. The highest BCUT2D eigenvalue weighted by molar-refractivity contribution is 8.16. The molecule has 4 rings (SSSR count). The number of nitrogens with zero attached hydrogens (tertiary/aromatic N) is 2. The molecule has 0 bridgehead atoms. The molecule has 1 aliphatic heterocycles. The zero-order valence-corrected chi connectivity index (χ0v) is 18.2. The van der Waals surface area contributed by atoms with Crippen LogP contribution in [0.1, 0.15) is 37.7 Å². The summed E-state index contributed by atoms with van der Waals surface area (Å²) in [7, 11) is 0. The summed E-state index contributed by atoms with van der Waals surface area (Å²) in [5, 5.41) is 4.71. The predicted octanol–water partition coefficient (Wildman–Crippen LogP) is 6.23. The zero-order chi connectivity index (χ0) is 20.3. The Balaban J connectivity index is 1.54. The first-order valence-corrected chi connectivity index (χ1v) is 11.4. The second-order valence-corrected chi connectivity index (χ2v) is 9.03. The van der Waals surface area contributed by atoms with Crippen molar-refractivity contribution in [3.05, 3.63) is 64.1 Å². The molecule has 150 valence electrons. The molecule has 1 fully saturated rings. The number of para-hydroxylation sites is 1. The van der Waals surface area contributed by atoms with E-state index in [4.69, 9.17) is 33.2 Å². The zero-order valence-electron chi connectivity index (χ0n) is 15.8. The van der Waals surface area contributed by atoms with Crippen LogP contribution < -0.4 is 5.32 Å². The van der Waals surface area contributed by atoms with Gasteiger partial charge in [0.2, 0.25) is 5.91 Å². The Bertz CT molecular complexity index is 969. The number of hydrogen-bond donors (Lipinski definition) is 1. The van der Waals surface area contributed by atoms with E-state index >= 15 is 0 Å². The van der Waals surface area contributed by atoms with E-state index in [1.807, 2.05) is 42.5 Å². The fourth-order valence-electron chi connectivity index (χ4n) is 3.65. The third-order valence-corrected chi connectivity index (χ3v) is 6.78. The number of halogens is 2. The predicted molar refractivity (Wildman–Crippen MR) is 124 cm³/mol. The van der Waals surface area contributed by atoms with Crippen LogP contribution >= 0.6 is 35.0 Å². The number of benzene rings is 2. The molecule has 1 saturated carbocycles. The van der Waals surface area contributed by atoms with Gasteiger partial charge in [-0.1, -0.05) is 65.7 Å². The minimum atomic E-state index is -0.391. The van der Waals surface area contributed by atoms with E-state index < -0.39 is 5.66 Å². The fraction of sp³-hybridized carbons (Fsp3) is 0.318. The van der Waals surface area contributed by atoms with Crippen molar-refractivity contribution in [3.8, 4) is 0 Å². The number of anilines is 1. The summed E-state index contributed by atoms with van der Waals surface area (Å²) in [6.07, 6.45) is 5.34. The molecule has 29 heavy (non-hydrogen) atoms. The largest absolute Gasteiger partial charge is 0.325 e. The smallest absolute Gasteiger partial charge is 0.234 e. The average Bonchev–Trinajstić information content (AvgIpc) is 3.07. The van der Waals surface area contributed by atoms with Crippen LogP contribution in [0, 0.1) is 0 Å². The van der Waals surface area contributed by atoms with E-state index in [1.165, 1.54) is 18.2 Å². The first kappa shape index (κ1) is 20.5. The van der Waals surface area contributed by atoms with Crippen LogP contribution in [0.25, 0.3) is 0 Å². The Hall–Kier alpha value is -1.82. The van der Waals surface area contributed by atoms with E-state index in [1.54, 1.807) is 6.07 Å². The third-order valence-electron chi connectivity index (χ3n) is 5.08. The van der Waals surface area contributed by atoms with Crippen molar-refractivity contribution in [1.29, 1.82) is 0 Å². The molecule has 1 spiro atoms. The Morgan fingerprint density at radius 2 is 1.76 bits per heavy atom. The molecule has 0 unspecified atom stereocenters. The number of amides is 1. The molecular weight excluding hydrogens is 425 g/mol. The number of carbonyl (C=O) groups excluding carboxylic acids is 1. The van der Waals surface area contributed by atoms with Crippen molar-refractivity contribution >= 4 is 57.3 Å². The van der Waals surface area contributed by atoms with Gasteiger partial charge in [0.15, 0.2) is 5.66 Å². The van der Waals surface area contributed by atoms with Crippen molar-refractivity contribution in [2.24, 2.45) is 9.98 Å². The highest BCUT2D eigenvalue weighted by Crippen LogP contribution is 2.39. The van der Waals surface area contributed by atoms with Gasteiger partial charge in [-0.05, 0) is 49.9 Å². The quantitative estimate of drug-likeness (QED) is 0.606. The van der Waals surface area contributed by atoms with Gasteiger partial charge in [0.25, 0.3) is 0 Å². The van der Waals surface area contributed by atoms with Crippen LogP contribution in [0.3, 0.4) is 0 Å². The van der Waals surface area contributed by atoms with E-state index in [2.05, 4.69) is 5.32 Å². The molecule has 7 heteroatoms. The van der Waals surface area contributed by atoms with Gasteiger partial charge in [-0.25, -0.2) is 4.99 Å². The molecule has 0 aromatic heterocycles. The second kappa shape index (κ2) is 8.90. The van der Waals surface area contributed by atoms with Crippen LogP contribution in [0.5, 0.6) is 0 Å². The number of aliphatic imine (C=N–C) groups is 2. The Kier molecular flexibility index (Phi) is 6.28. The second-order valence-electron chi connectivity index (χ2n) is 7.25. The van der Waals surface area contributed by atoms with Gasteiger partial charge in [0.05, 0.1) is 21.5 Å². The van der Waals surface area contributed by atoms with Crippen LogP contribution in [-0.2, 0) is 4.79 Å². The first-order chi connectivity index (χ1) is 14.0. The van der Waals surface area contributed by atoms with E-state index in [-0.39, 0.29) is 11.7 Å². The van der Waals surface area contributed by atoms with Crippen LogP contribution in [0.2, 0.25) is 10.0 Å². The molecule has 0 atom stereocenters. The van der Waals surface area contributed by atoms with Crippen LogP contribution in [-0.4, -0.2) is 28.1 Å². The van der Waals surface area contributed by atoms with Gasteiger partial charge in [-0.2, -0.15) is 0 Å². The molecule has 0 saturated heterocycles. The Labute approximate surface area is 184 Å². The molecule has 1 aliphatic carbocycles. The number of hydrogen-bond acceptors (Lipinski definition) is 4. The molecule has 2 aromatic rings. The van der Waals surface area contributed by atoms with E-state index in [0.29, 0.717) is 10.0 Å². The Morgan fingerprint density at radius 3 is 2.48 bits per heavy atom. The highest BCUT2D eigenvalue weighted by Gasteiger charge is 2.38. The number of carbonyl (C=O) groups is 1. The van der Waals surface area contributed by atoms with Gasteiger partial charge in [-0.3, -0.25) is 9.79 Å². The van der Waals surface area contributed by atoms with Crippen molar-refractivity contribution in [2.45, 2.75) is 37.8 Å². The molecule has 2 aliphatic rings. The monoisotopic (exact) mass is 445 g/mol. The van der Waals surface area contributed by atoms with Crippen molar-refractivity contribution in [3.63, 3.8) is 0 Å². The maximum atomic E-state index is 12.4. The topological polar surface area (TPSA) is 53.8 Å². The van der Waals surface area contributed by atoms with E-state index in [0.717, 1.165) is 47.7 Å². The first-order valence-electron chi connectivity index (χ1n) is 9.68. The summed E-state index contributed by atoms with van der Waals surface area (Å²) in [5.41, 5.74) is 2.09. The van der Waals surface area contributed by atoms with Gasteiger partial charge >= 0.3 is 0 Å². The fourth-order valence-corrected chi connectivity index (χ4v) is 4.82. The molecule has 0 radical (unpaired) electrons. The minimum absolute atomic E-state index is 0.0676. The van der Waals surface area contributed by atoms with Gasteiger partial charge in [0.1, 0.15) is 5.04 Å². The summed E-state index contributed by atoms with van der Waals surface area (Å²) in [4.78, 5) is 22.4. The maximum absolute atomic E-state index is 12.4. The lowest BCUT2D eigenvalue weighted by molar-refractivity contribution is -0.113. The highest BCUT2D eigenvalue weighted by atomic mass is 35.5. The molecule has 1 amide bonds. The number of nitrogens with one attached hydrogen (secondary N) is 1. The SMILES string of the molecule is O=C(CSC1=NC2(CCCCC2)N=C1c1ccc(Cl)c(Cl)c1)Nc1ccccc1. The van der Waals surface area contributed by atoms with Crippen molar-refractivity contribution in [2.75, 3.05) is 11.1 Å². The van der Waals surface area contributed by atoms with Gasteiger partial charge in [0, 0.05) is 11.3 Å². The van der Waals surface area contributed by atoms with Crippen molar-refractivity contribution in [1.82, 2.24) is 0 Å². The molecule has 1 N–H and O–H groups in total. The Morgan fingerprint density at radius 1 is 1.00 bits per heavy atom. The van der Waals surface area contributed by atoms with Crippen molar-refractivity contribution < 1.29 is 4.79 Å². The number of rotatable bonds is 4. The minimum Gasteiger partial charge on any atom is -0.325 e. The van der Waals surface area contributed by atoms with Gasteiger partial charge in [-0.15, -0.1) is 0 Å². The molecule has 4 nitrogen and oxygen atoms in total. The average molecular weight is 446 g/mol. The molecule has 2 aromatic carbocycles. The summed E-state index contributed by atoms with van der Waals surface area (Å²) in [6.45, 7) is 0. The number of thioether (sulfide) groups is 1. The summed E-state index contributed by atoms with van der Waals surface area (Å²) >= 11 is 13.7. The lowest BCUT2D eigenvalue weighted by Crippen LogP contribution is -2.25. The lowest BCUT2D eigenvalue weighted by Gasteiger charge is -2.27. The van der Waals surface area contributed by atoms with Gasteiger partial charge < -0.3 is 5.32 Å². The summed E-state index contributed by atoms with van der Waals surface area (Å²) in [5.74, 6) is 0.200. The summed E-state index contributed by atoms with van der Waals surface area (Å²) < 4.78 is 0. The van der Waals surface area contributed by atoms with E-state index in [9.17, 15) is 4.79 Å². The van der Waals surface area contributed by atoms with Crippen LogP contribution in [0.4, 0.5) is 5.69 Å². The standard InChI is InChI=1S/C22H21Cl2N3OS/c23-17-10-9-15(13-18(17)24)20-21(27-22(26-20)11-5-2-6-12-22)29-14-19(28)25-16-7-3-1-4-8-16/h1,3-4,7-10,13H,2,5-6,11-12,14H2,(H,25,28). The molecular formula is C22H21Cl2N3OS. The van der Waals surface area contributed by atoms with Crippen LogP contribution in [0.15, 0.2) is 58.5 Å². The lowest BCUT2D eigenvalue weighted by atomic mass is 9.90.